The van der Waals surface area contributed by atoms with Gasteiger partial charge in [-0.2, -0.15) is 0 Å². The zero-order chi connectivity index (χ0) is 13.3. The molecule has 0 bridgehead atoms. The summed E-state index contributed by atoms with van der Waals surface area (Å²) in [7, 11) is 0. The molecule has 2 N–H and O–H groups in total. The number of carbonyl (C=O) groups excluding carboxylic acids is 1. The summed E-state index contributed by atoms with van der Waals surface area (Å²) in [5.74, 6) is -0.640. The average Bonchev–Trinajstić information content (AvgIpc) is 2.89. The van der Waals surface area contributed by atoms with Crippen molar-refractivity contribution >= 4 is 11.9 Å². The van der Waals surface area contributed by atoms with Gasteiger partial charge in [0.05, 0.1) is 0 Å². The molecule has 2 atom stereocenters. The zero-order valence-electron chi connectivity index (χ0n) is 11.2. The van der Waals surface area contributed by atoms with Crippen LogP contribution in [0, 0.1) is 11.3 Å². The van der Waals surface area contributed by atoms with Gasteiger partial charge >= 0.3 is 5.97 Å². The van der Waals surface area contributed by atoms with E-state index in [1.165, 1.54) is 0 Å². The highest BCUT2D eigenvalue weighted by Gasteiger charge is 2.53. The van der Waals surface area contributed by atoms with Crippen LogP contribution in [-0.4, -0.2) is 22.5 Å². The highest BCUT2D eigenvalue weighted by molar-refractivity contribution is 5.83. The summed E-state index contributed by atoms with van der Waals surface area (Å²) in [4.78, 5) is 22.5. The Kier molecular flexibility index (Phi) is 3.84. The van der Waals surface area contributed by atoms with Gasteiger partial charge in [-0.3, -0.25) is 9.59 Å². The van der Waals surface area contributed by atoms with Crippen molar-refractivity contribution < 1.29 is 14.7 Å². The number of hydrogen-bond acceptors (Lipinski definition) is 2. The van der Waals surface area contributed by atoms with Gasteiger partial charge in [0.1, 0.15) is 0 Å². The molecule has 1 amide bonds. The molecule has 0 heterocycles. The largest absolute Gasteiger partial charge is 0.481 e. The molecule has 0 unspecified atom stereocenters. The predicted molar refractivity (Wildman–Crippen MR) is 65.6 cm³/mol. The van der Waals surface area contributed by atoms with E-state index < -0.39 is 11.5 Å². The third-order valence-electron chi connectivity index (χ3n) is 3.90. The van der Waals surface area contributed by atoms with E-state index in [1.54, 1.807) is 0 Å². The Morgan fingerprint density at radius 2 is 2.06 bits per heavy atom. The summed E-state index contributed by atoms with van der Waals surface area (Å²) in [5, 5.41) is 11.6. The van der Waals surface area contributed by atoms with Gasteiger partial charge in [-0.15, -0.1) is 0 Å². The van der Waals surface area contributed by atoms with E-state index in [-0.39, 0.29) is 23.7 Å². The van der Waals surface area contributed by atoms with E-state index in [0.717, 1.165) is 12.8 Å². The van der Waals surface area contributed by atoms with Crippen LogP contribution in [0.15, 0.2) is 0 Å². The quantitative estimate of drug-likeness (QED) is 0.749. The molecular formula is C13H23NO3. The van der Waals surface area contributed by atoms with Gasteiger partial charge in [-0.05, 0) is 38.5 Å². The highest BCUT2D eigenvalue weighted by atomic mass is 16.4. The number of rotatable bonds is 6. The van der Waals surface area contributed by atoms with Crippen molar-refractivity contribution in [1.29, 1.82) is 0 Å². The van der Waals surface area contributed by atoms with Gasteiger partial charge in [0.2, 0.25) is 5.91 Å². The molecular weight excluding hydrogens is 218 g/mol. The Morgan fingerprint density at radius 1 is 1.47 bits per heavy atom. The van der Waals surface area contributed by atoms with E-state index in [0.29, 0.717) is 6.42 Å². The van der Waals surface area contributed by atoms with E-state index in [2.05, 4.69) is 19.2 Å². The van der Waals surface area contributed by atoms with Crippen LogP contribution in [0.3, 0.4) is 0 Å². The van der Waals surface area contributed by atoms with Crippen LogP contribution in [-0.2, 0) is 9.59 Å². The number of carbonyl (C=O) groups is 2. The van der Waals surface area contributed by atoms with Crippen molar-refractivity contribution in [3.05, 3.63) is 0 Å². The van der Waals surface area contributed by atoms with Crippen LogP contribution >= 0.6 is 0 Å². The molecule has 0 saturated heterocycles. The van der Waals surface area contributed by atoms with Gasteiger partial charge in [-0.25, -0.2) is 0 Å². The number of hydrogen-bond donors (Lipinski definition) is 2. The Bertz CT molecular complexity index is 325. The molecule has 0 spiro atoms. The molecule has 1 rings (SSSR count). The molecule has 98 valence electrons. The van der Waals surface area contributed by atoms with Crippen LogP contribution in [0.5, 0.6) is 0 Å². The Balaban J connectivity index is 2.43. The number of carboxylic acid groups (broad SMARTS) is 1. The molecule has 4 heteroatoms. The van der Waals surface area contributed by atoms with Gasteiger partial charge in [0, 0.05) is 17.9 Å². The fourth-order valence-electron chi connectivity index (χ4n) is 2.11. The normalized spacial score (nSPS) is 27.6. The first-order chi connectivity index (χ1) is 7.70. The van der Waals surface area contributed by atoms with Gasteiger partial charge in [-0.1, -0.05) is 13.8 Å². The number of nitrogens with one attached hydrogen (secondary N) is 1. The molecule has 4 nitrogen and oxygen atoms in total. The monoisotopic (exact) mass is 241 g/mol. The average molecular weight is 241 g/mol. The smallest absolute Gasteiger partial charge is 0.303 e. The molecule has 1 saturated carbocycles. The first-order valence-corrected chi connectivity index (χ1v) is 6.24. The Labute approximate surface area is 103 Å². The number of carboxylic acids is 1. The summed E-state index contributed by atoms with van der Waals surface area (Å²) >= 11 is 0. The predicted octanol–water partition coefficient (Wildman–Crippen LogP) is 2.18. The third-order valence-corrected chi connectivity index (χ3v) is 3.90. The third kappa shape index (κ3) is 3.72. The molecule has 0 aliphatic heterocycles. The van der Waals surface area contributed by atoms with Crippen molar-refractivity contribution in [3.63, 3.8) is 0 Å². The SMILES string of the molecule is CC[C@@]1(C)C[C@@H]1C(=O)NC(C)(C)CCC(=O)O. The van der Waals surface area contributed by atoms with Crippen molar-refractivity contribution in [1.82, 2.24) is 5.32 Å². The Morgan fingerprint density at radius 3 is 2.47 bits per heavy atom. The lowest BCUT2D eigenvalue weighted by molar-refractivity contribution is -0.138. The molecule has 1 aliphatic rings. The van der Waals surface area contributed by atoms with E-state index in [1.807, 2.05) is 13.8 Å². The standard InChI is InChI=1S/C13H23NO3/c1-5-13(4)8-9(13)11(17)14-12(2,3)7-6-10(15)16/h9H,5-8H2,1-4H3,(H,14,17)(H,15,16)/t9-,13+/m1/s1. The van der Waals surface area contributed by atoms with Gasteiger partial charge < -0.3 is 10.4 Å². The minimum atomic E-state index is -0.822. The van der Waals surface area contributed by atoms with Crippen LogP contribution in [0.1, 0.15) is 53.4 Å². The second kappa shape index (κ2) is 4.67. The topological polar surface area (TPSA) is 66.4 Å². The summed E-state index contributed by atoms with van der Waals surface area (Å²) in [6, 6.07) is 0. The maximum absolute atomic E-state index is 12.0. The maximum Gasteiger partial charge on any atom is 0.303 e. The summed E-state index contributed by atoms with van der Waals surface area (Å²) in [6.45, 7) is 7.98. The van der Waals surface area contributed by atoms with Crippen LogP contribution in [0.25, 0.3) is 0 Å². The fraction of sp³-hybridized carbons (Fsp3) is 0.846. The first-order valence-electron chi connectivity index (χ1n) is 6.24. The van der Waals surface area contributed by atoms with Crippen molar-refractivity contribution in [3.8, 4) is 0 Å². The minimum Gasteiger partial charge on any atom is -0.481 e. The summed E-state index contributed by atoms with van der Waals surface area (Å²) in [6.07, 6.45) is 2.51. The van der Waals surface area contributed by atoms with Gasteiger partial charge in [0.15, 0.2) is 0 Å². The van der Waals surface area contributed by atoms with E-state index >= 15 is 0 Å². The molecule has 0 aromatic heterocycles. The highest BCUT2D eigenvalue weighted by Crippen LogP contribution is 2.54. The minimum absolute atomic E-state index is 0.0738. The van der Waals surface area contributed by atoms with Crippen LogP contribution in [0.4, 0.5) is 0 Å². The van der Waals surface area contributed by atoms with Crippen molar-refractivity contribution in [2.24, 2.45) is 11.3 Å². The second-order valence-electron chi connectivity index (χ2n) is 6.03. The molecule has 17 heavy (non-hydrogen) atoms. The number of amides is 1. The maximum atomic E-state index is 12.0. The van der Waals surface area contributed by atoms with Crippen molar-refractivity contribution in [2.45, 2.75) is 58.9 Å². The lowest BCUT2D eigenvalue weighted by Crippen LogP contribution is -2.45. The van der Waals surface area contributed by atoms with Gasteiger partial charge in [0.25, 0.3) is 0 Å². The molecule has 1 fully saturated rings. The molecule has 0 aromatic carbocycles. The molecule has 1 aliphatic carbocycles. The van der Waals surface area contributed by atoms with E-state index in [4.69, 9.17) is 5.11 Å². The van der Waals surface area contributed by atoms with Crippen LogP contribution < -0.4 is 5.32 Å². The lowest BCUT2D eigenvalue weighted by Gasteiger charge is -2.26. The summed E-state index contributed by atoms with van der Waals surface area (Å²) < 4.78 is 0. The number of aliphatic carboxylic acids is 1. The molecule has 0 aromatic rings. The van der Waals surface area contributed by atoms with Crippen LogP contribution in [0.2, 0.25) is 0 Å². The Hall–Kier alpha value is -1.06. The van der Waals surface area contributed by atoms with E-state index in [9.17, 15) is 9.59 Å². The second-order valence-corrected chi connectivity index (χ2v) is 6.03. The molecule has 0 radical (unpaired) electrons. The first kappa shape index (κ1) is 14.0. The summed E-state index contributed by atoms with van der Waals surface area (Å²) in [5.41, 5.74) is -0.278. The fourth-order valence-corrected chi connectivity index (χ4v) is 2.11. The lowest BCUT2D eigenvalue weighted by atomic mass is 9.97. The van der Waals surface area contributed by atoms with Crippen molar-refractivity contribution in [2.75, 3.05) is 0 Å². The zero-order valence-corrected chi connectivity index (χ0v) is 11.2.